The molecule has 2 aliphatic rings. The van der Waals surface area contributed by atoms with Crippen LogP contribution in [0.5, 0.6) is 23.0 Å². The second-order valence-electron chi connectivity index (χ2n) is 11.9. The van der Waals surface area contributed by atoms with Gasteiger partial charge in [0, 0.05) is 33.2 Å². The van der Waals surface area contributed by atoms with E-state index in [-0.39, 0.29) is 41.9 Å². The van der Waals surface area contributed by atoms with Crippen LogP contribution in [0.2, 0.25) is 0 Å². The summed E-state index contributed by atoms with van der Waals surface area (Å²) in [5.41, 5.74) is 1.97. The van der Waals surface area contributed by atoms with E-state index in [1.54, 1.807) is 41.7 Å². The maximum absolute atomic E-state index is 13.3. The Hall–Kier alpha value is -5.04. The highest BCUT2D eigenvalue weighted by Crippen LogP contribution is 2.47. The number of aromatic hydroxyl groups is 1. The van der Waals surface area contributed by atoms with Gasteiger partial charge in [-0.05, 0) is 78.7 Å². The van der Waals surface area contributed by atoms with Crippen molar-refractivity contribution >= 4 is 66.4 Å². The number of amides is 2. The first-order valence-electron chi connectivity index (χ1n) is 16.1. The van der Waals surface area contributed by atoms with Crippen LogP contribution < -0.4 is 14.8 Å². The van der Waals surface area contributed by atoms with Crippen LogP contribution in [0.1, 0.15) is 40.0 Å². The molecular formula is C38H31BrN2O8S. The third-order valence-corrected chi connectivity index (χ3v) is 10.2. The Labute approximate surface area is 299 Å². The summed E-state index contributed by atoms with van der Waals surface area (Å²) in [4.78, 5) is 52.4. The summed E-state index contributed by atoms with van der Waals surface area (Å²) in [7, 11) is 0. The molecule has 1 fully saturated rings. The van der Waals surface area contributed by atoms with E-state index in [2.05, 4.69) is 21.2 Å². The number of thiophene rings is 1. The molecule has 12 heteroatoms. The van der Waals surface area contributed by atoms with Gasteiger partial charge in [0.25, 0.3) is 11.8 Å². The number of ether oxygens (including phenoxy) is 3. The van der Waals surface area contributed by atoms with E-state index in [0.717, 1.165) is 29.9 Å². The van der Waals surface area contributed by atoms with E-state index in [0.29, 0.717) is 49.3 Å². The van der Waals surface area contributed by atoms with Crippen molar-refractivity contribution in [3.63, 3.8) is 0 Å². The predicted molar refractivity (Wildman–Crippen MR) is 193 cm³/mol. The fourth-order valence-electron chi connectivity index (χ4n) is 6.12. The number of imide groups is 1. The third kappa shape index (κ3) is 6.87. The van der Waals surface area contributed by atoms with E-state index >= 15 is 0 Å². The van der Waals surface area contributed by atoms with E-state index in [9.17, 15) is 24.3 Å². The molecule has 50 heavy (non-hydrogen) atoms. The average Bonchev–Trinajstić information content (AvgIpc) is 3.58. The normalized spacial score (nSPS) is 15.9. The molecule has 7 rings (SSSR count). The molecule has 1 aliphatic heterocycles. The zero-order valence-corrected chi connectivity index (χ0v) is 29.1. The Kier molecular flexibility index (Phi) is 9.66. The number of carbonyl (C=O) groups excluding carboxylic acids is 4. The van der Waals surface area contributed by atoms with Gasteiger partial charge in [-0.1, -0.05) is 34.1 Å². The SMILES string of the molecule is O=C1CCC(N2C(=O)c3cccc(NCCOCCOc4ccc(Oc5c(-c6ccc(Br)cc6)sc6cc(O)ccc56)cc4)c3C2=O)C(=O)C1. The summed E-state index contributed by atoms with van der Waals surface area (Å²) in [6, 6.07) is 24.6. The summed E-state index contributed by atoms with van der Waals surface area (Å²) in [5.74, 6) is 0.603. The number of ketones is 2. The van der Waals surface area contributed by atoms with Crippen molar-refractivity contribution in [3.8, 4) is 33.4 Å². The smallest absolute Gasteiger partial charge is 0.264 e. The number of nitrogens with zero attached hydrogens (tertiary/aromatic N) is 1. The highest BCUT2D eigenvalue weighted by Gasteiger charge is 2.45. The lowest BCUT2D eigenvalue weighted by Gasteiger charge is -2.27. The van der Waals surface area contributed by atoms with Crippen molar-refractivity contribution in [1.82, 2.24) is 4.90 Å². The molecule has 1 aromatic heterocycles. The highest BCUT2D eigenvalue weighted by atomic mass is 79.9. The van der Waals surface area contributed by atoms with Crippen LogP contribution in [-0.2, 0) is 14.3 Å². The molecule has 2 amide bonds. The van der Waals surface area contributed by atoms with Crippen LogP contribution >= 0.6 is 27.3 Å². The van der Waals surface area contributed by atoms with E-state index in [1.807, 2.05) is 54.6 Å². The molecule has 5 aromatic rings. The molecule has 0 bridgehead atoms. The maximum Gasteiger partial charge on any atom is 0.264 e. The van der Waals surface area contributed by atoms with Crippen LogP contribution in [0, 0.1) is 0 Å². The van der Waals surface area contributed by atoms with Crippen LogP contribution in [0.4, 0.5) is 5.69 Å². The van der Waals surface area contributed by atoms with Gasteiger partial charge >= 0.3 is 0 Å². The minimum atomic E-state index is -0.909. The van der Waals surface area contributed by atoms with Crippen molar-refractivity contribution in [1.29, 1.82) is 0 Å². The standard InChI is InChI=1S/C38H31BrN2O8S/c39-23-6-4-22(5-7-23)36-35(28-14-8-25(43)21-33(28)50-36)49-27-12-10-26(11-13-27)48-19-18-47-17-16-40-30-3-1-2-29-34(30)38(46)41(37(29)45)31-15-9-24(42)20-32(31)44/h1-8,10-14,21,31,40,43H,9,15-20H2. The van der Waals surface area contributed by atoms with Gasteiger partial charge in [0.05, 0.1) is 41.7 Å². The molecular weight excluding hydrogens is 724 g/mol. The number of anilines is 1. The first-order chi connectivity index (χ1) is 24.3. The molecule has 1 aliphatic carbocycles. The van der Waals surface area contributed by atoms with Crippen LogP contribution in [-0.4, -0.2) is 65.8 Å². The molecule has 0 radical (unpaired) electrons. The lowest BCUT2D eigenvalue weighted by Crippen LogP contribution is -2.47. The minimum Gasteiger partial charge on any atom is -0.508 e. The third-order valence-electron chi connectivity index (χ3n) is 8.53. The van der Waals surface area contributed by atoms with E-state index < -0.39 is 23.6 Å². The molecule has 1 unspecified atom stereocenters. The lowest BCUT2D eigenvalue weighted by atomic mass is 9.92. The Balaban J connectivity index is 0.898. The lowest BCUT2D eigenvalue weighted by molar-refractivity contribution is -0.132. The Morgan fingerprint density at radius 1 is 0.880 bits per heavy atom. The van der Waals surface area contributed by atoms with Gasteiger partial charge in [-0.15, -0.1) is 11.3 Å². The van der Waals surface area contributed by atoms with Crippen LogP contribution in [0.15, 0.2) is 89.4 Å². The first kappa shape index (κ1) is 33.5. The second-order valence-corrected chi connectivity index (χ2v) is 13.8. The minimum absolute atomic E-state index is 0.160. The predicted octanol–water partition coefficient (Wildman–Crippen LogP) is 7.62. The van der Waals surface area contributed by atoms with Gasteiger partial charge in [-0.25, -0.2) is 0 Å². The molecule has 2 heterocycles. The van der Waals surface area contributed by atoms with Crippen molar-refractivity contribution < 1.29 is 38.5 Å². The van der Waals surface area contributed by atoms with Crippen LogP contribution in [0.3, 0.4) is 0 Å². The second kappa shape index (κ2) is 14.4. The van der Waals surface area contributed by atoms with Gasteiger partial charge < -0.3 is 24.6 Å². The van der Waals surface area contributed by atoms with Gasteiger partial charge in [-0.3, -0.25) is 24.1 Å². The number of hydrogen-bond acceptors (Lipinski definition) is 10. The fraction of sp³-hybridized carbons (Fsp3) is 0.211. The monoisotopic (exact) mass is 754 g/mol. The van der Waals surface area contributed by atoms with Gasteiger partial charge in [-0.2, -0.15) is 0 Å². The molecule has 0 saturated heterocycles. The number of fused-ring (bicyclic) bond motifs is 2. The molecule has 1 atom stereocenters. The Morgan fingerprint density at radius 2 is 1.66 bits per heavy atom. The Bertz CT molecular complexity index is 2110. The van der Waals surface area contributed by atoms with Crippen molar-refractivity contribution in [3.05, 3.63) is 101 Å². The van der Waals surface area contributed by atoms with Crippen molar-refractivity contribution in [2.45, 2.75) is 25.3 Å². The number of benzene rings is 4. The number of phenols is 1. The van der Waals surface area contributed by atoms with Crippen molar-refractivity contribution in [2.75, 3.05) is 31.7 Å². The molecule has 4 aromatic carbocycles. The number of halogens is 1. The number of rotatable bonds is 12. The number of nitrogens with one attached hydrogen (secondary N) is 1. The topological polar surface area (TPSA) is 131 Å². The molecule has 2 N–H and O–H groups in total. The summed E-state index contributed by atoms with van der Waals surface area (Å²) < 4.78 is 19.9. The van der Waals surface area contributed by atoms with E-state index in [1.165, 1.54) is 0 Å². The summed E-state index contributed by atoms with van der Waals surface area (Å²) in [5, 5.41) is 14.1. The van der Waals surface area contributed by atoms with Gasteiger partial charge in [0.15, 0.2) is 11.5 Å². The quantitative estimate of drug-likeness (QED) is 0.0750. The highest BCUT2D eigenvalue weighted by molar-refractivity contribution is 9.10. The van der Waals surface area contributed by atoms with Gasteiger partial charge in [0.1, 0.15) is 29.6 Å². The summed E-state index contributed by atoms with van der Waals surface area (Å²) in [6.07, 6.45) is 0.0805. The van der Waals surface area contributed by atoms with Gasteiger partial charge in [0.2, 0.25) is 0 Å². The molecule has 0 spiro atoms. The number of hydrogen-bond donors (Lipinski definition) is 2. The largest absolute Gasteiger partial charge is 0.508 e. The summed E-state index contributed by atoms with van der Waals surface area (Å²) in [6.45, 7) is 1.33. The van der Waals surface area contributed by atoms with Crippen molar-refractivity contribution in [2.24, 2.45) is 0 Å². The first-order valence-corrected chi connectivity index (χ1v) is 17.7. The zero-order chi connectivity index (χ0) is 34.8. The molecule has 1 saturated carbocycles. The number of phenolic OH excluding ortho intramolecular Hbond substituents is 1. The number of Topliss-reactive ketones (excluding diaryl/α,β-unsaturated/α-hetero) is 2. The maximum atomic E-state index is 13.3. The molecule has 254 valence electrons. The summed E-state index contributed by atoms with van der Waals surface area (Å²) >= 11 is 5.05. The average molecular weight is 756 g/mol. The molecule has 10 nitrogen and oxygen atoms in total. The van der Waals surface area contributed by atoms with Crippen LogP contribution in [0.25, 0.3) is 20.5 Å². The fourth-order valence-corrected chi connectivity index (χ4v) is 7.55. The zero-order valence-electron chi connectivity index (χ0n) is 26.6. The van der Waals surface area contributed by atoms with E-state index in [4.69, 9.17) is 14.2 Å². The Morgan fingerprint density at radius 3 is 2.44 bits per heavy atom. The number of carbonyl (C=O) groups is 4.